The summed E-state index contributed by atoms with van der Waals surface area (Å²) in [5, 5.41) is 3.50. The molecule has 4 heteroatoms. The Bertz CT molecular complexity index is 311. The summed E-state index contributed by atoms with van der Waals surface area (Å²) in [4.78, 5) is 8.90. The van der Waals surface area contributed by atoms with Crippen LogP contribution in [0, 0.1) is 0 Å². The highest BCUT2D eigenvalue weighted by molar-refractivity contribution is 5.07. The predicted octanol–water partition coefficient (Wildman–Crippen LogP) is 1.44. The lowest BCUT2D eigenvalue weighted by molar-refractivity contribution is 0.291. The molecule has 0 aliphatic carbocycles. The molecule has 0 aromatic carbocycles. The fourth-order valence-electron chi connectivity index (χ4n) is 2.05. The van der Waals surface area contributed by atoms with E-state index in [1.807, 2.05) is 18.5 Å². The normalized spacial score (nSPS) is 11.4. The van der Waals surface area contributed by atoms with Gasteiger partial charge in [0, 0.05) is 45.1 Å². The van der Waals surface area contributed by atoms with Gasteiger partial charge in [0.1, 0.15) is 0 Å². The zero-order chi connectivity index (χ0) is 13.9. The van der Waals surface area contributed by atoms with E-state index >= 15 is 0 Å². The van der Waals surface area contributed by atoms with Crippen molar-refractivity contribution in [3.05, 3.63) is 30.1 Å². The summed E-state index contributed by atoms with van der Waals surface area (Å²) in [7, 11) is 2.15. The van der Waals surface area contributed by atoms with Gasteiger partial charge in [-0.3, -0.25) is 4.98 Å². The molecule has 108 valence electrons. The maximum Gasteiger partial charge on any atom is 0.0312 e. The van der Waals surface area contributed by atoms with E-state index in [1.54, 1.807) is 0 Å². The van der Waals surface area contributed by atoms with Crippen LogP contribution in [0.25, 0.3) is 0 Å². The van der Waals surface area contributed by atoms with Crippen molar-refractivity contribution in [2.45, 2.75) is 20.4 Å². The maximum absolute atomic E-state index is 4.14. The highest BCUT2D eigenvalue weighted by Gasteiger charge is 2.01. The molecule has 0 radical (unpaired) electrons. The predicted molar refractivity (Wildman–Crippen MR) is 81.2 cm³/mol. The third kappa shape index (κ3) is 7.25. The van der Waals surface area contributed by atoms with Crippen LogP contribution in [-0.2, 0) is 6.54 Å². The Morgan fingerprint density at radius 2 is 1.89 bits per heavy atom. The molecule has 0 spiro atoms. The monoisotopic (exact) mass is 264 g/mol. The van der Waals surface area contributed by atoms with Gasteiger partial charge in [0.05, 0.1) is 0 Å². The van der Waals surface area contributed by atoms with E-state index in [2.05, 4.69) is 47.1 Å². The van der Waals surface area contributed by atoms with Crippen molar-refractivity contribution in [2.24, 2.45) is 0 Å². The van der Waals surface area contributed by atoms with Crippen LogP contribution in [0.3, 0.4) is 0 Å². The first-order valence-electron chi connectivity index (χ1n) is 7.26. The number of hydrogen-bond acceptors (Lipinski definition) is 4. The lowest BCUT2D eigenvalue weighted by atomic mass is 10.3. The Kier molecular flexibility index (Phi) is 8.38. The van der Waals surface area contributed by atoms with E-state index in [1.165, 1.54) is 5.56 Å². The van der Waals surface area contributed by atoms with Crippen LogP contribution in [0.4, 0.5) is 0 Å². The van der Waals surface area contributed by atoms with E-state index in [4.69, 9.17) is 0 Å². The van der Waals surface area contributed by atoms with Crippen molar-refractivity contribution < 1.29 is 0 Å². The molecule has 19 heavy (non-hydrogen) atoms. The van der Waals surface area contributed by atoms with E-state index in [0.29, 0.717) is 0 Å². The van der Waals surface area contributed by atoms with Gasteiger partial charge in [-0.1, -0.05) is 19.9 Å². The molecule has 0 aliphatic rings. The van der Waals surface area contributed by atoms with Crippen molar-refractivity contribution in [1.82, 2.24) is 20.1 Å². The molecular weight excluding hydrogens is 236 g/mol. The summed E-state index contributed by atoms with van der Waals surface area (Å²) in [6.07, 6.45) is 3.75. The molecular formula is C15H28N4. The minimum atomic E-state index is 0.964. The van der Waals surface area contributed by atoms with Gasteiger partial charge in [-0.05, 0) is 31.8 Å². The standard InChI is InChI=1S/C15H28N4/c1-4-19(5-2)12-10-16-9-11-18(3)14-15-7-6-8-17-13-15/h6-8,13,16H,4-5,9-12,14H2,1-3H3. The second-order valence-electron chi connectivity index (χ2n) is 4.88. The Morgan fingerprint density at radius 1 is 1.16 bits per heavy atom. The number of aromatic nitrogens is 1. The summed E-state index contributed by atoms with van der Waals surface area (Å²) in [5.41, 5.74) is 1.27. The first kappa shape index (κ1) is 16.1. The maximum atomic E-state index is 4.14. The highest BCUT2D eigenvalue weighted by atomic mass is 15.1. The first-order valence-corrected chi connectivity index (χ1v) is 7.26. The van der Waals surface area contributed by atoms with Crippen LogP contribution in [0.1, 0.15) is 19.4 Å². The Balaban J connectivity index is 2.06. The van der Waals surface area contributed by atoms with Gasteiger partial charge in [-0.15, -0.1) is 0 Å². The molecule has 1 aromatic heterocycles. The van der Waals surface area contributed by atoms with E-state index < -0.39 is 0 Å². The second kappa shape index (κ2) is 9.89. The minimum absolute atomic E-state index is 0.964. The topological polar surface area (TPSA) is 31.4 Å². The van der Waals surface area contributed by atoms with Crippen molar-refractivity contribution in [1.29, 1.82) is 0 Å². The van der Waals surface area contributed by atoms with Crippen LogP contribution in [-0.4, -0.2) is 61.1 Å². The van der Waals surface area contributed by atoms with E-state index in [9.17, 15) is 0 Å². The number of rotatable bonds is 10. The molecule has 0 bridgehead atoms. The summed E-state index contributed by atoms with van der Waals surface area (Å²) in [5.74, 6) is 0. The highest BCUT2D eigenvalue weighted by Crippen LogP contribution is 1.99. The lowest BCUT2D eigenvalue weighted by Crippen LogP contribution is -2.35. The van der Waals surface area contributed by atoms with Crippen molar-refractivity contribution >= 4 is 0 Å². The fraction of sp³-hybridized carbons (Fsp3) is 0.667. The molecule has 0 unspecified atom stereocenters. The molecule has 4 nitrogen and oxygen atoms in total. The molecule has 0 fully saturated rings. The smallest absolute Gasteiger partial charge is 0.0312 e. The summed E-state index contributed by atoms with van der Waals surface area (Å²) in [6, 6.07) is 4.11. The molecule has 0 saturated heterocycles. The summed E-state index contributed by atoms with van der Waals surface area (Å²) >= 11 is 0. The largest absolute Gasteiger partial charge is 0.314 e. The van der Waals surface area contributed by atoms with Gasteiger partial charge in [-0.25, -0.2) is 0 Å². The molecule has 1 rings (SSSR count). The number of nitrogens with one attached hydrogen (secondary N) is 1. The molecule has 1 aromatic rings. The SMILES string of the molecule is CCN(CC)CCNCCN(C)Cc1cccnc1. The van der Waals surface area contributed by atoms with Crippen LogP contribution in [0.15, 0.2) is 24.5 Å². The Hall–Kier alpha value is -0.970. The van der Waals surface area contributed by atoms with E-state index in [0.717, 1.165) is 45.8 Å². The van der Waals surface area contributed by atoms with Crippen LogP contribution in [0.2, 0.25) is 0 Å². The van der Waals surface area contributed by atoms with Crippen molar-refractivity contribution in [3.63, 3.8) is 0 Å². The average molecular weight is 264 g/mol. The zero-order valence-electron chi connectivity index (χ0n) is 12.6. The third-order valence-corrected chi connectivity index (χ3v) is 3.34. The lowest BCUT2D eigenvalue weighted by Gasteiger charge is -2.19. The molecule has 0 saturated carbocycles. The van der Waals surface area contributed by atoms with Gasteiger partial charge in [0.15, 0.2) is 0 Å². The summed E-state index contributed by atoms with van der Waals surface area (Å²) in [6.45, 7) is 12.0. The summed E-state index contributed by atoms with van der Waals surface area (Å²) < 4.78 is 0. The molecule has 0 atom stereocenters. The molecule has 0 amide bonds. The molecule has 0 aliphatic heterocycles. The zero-order valence-corrected chi connectivity index (χ0v) is 12.6. The van der Waals surface area contributed by atoms with Crippen molar-refractivity contribution in [3.8, 4) is 0 Å². The number of nitrogens with zero attached hydrogens (tertiary/aromatic N) is 3. The third-order valence-electron chi connectivity index (χ3n) is 3.34. The number of hydrogen-bond donors (Lipinski definition) is 1. The first-order chi connectivity index (χ1) is 9.26. The molecule has 1 heterocycles. The minimum Gasteiger partial charge on any atom is -0.314 e. The average Bonchev–Trinajstić information content (AvgIpc) is 2.44. The number of pyridine rings is 1. The van der Waals surface area contributed by atoms with Crippen LogP contribution < -0.4 is 5.32 Å². The van der Waals surface area contributed by atoms with Gasteiger partial charge >= 0.3 is 0 Å². The second-order valence-corrected chi connectivity index (χ2v) is 4.88. The molecule has 1 N–H and O–H groups in total. The van der Waals surface area contributed by atoms with Crippen LogP contribution >= 0.6 is 0 Å². The van der Waals surface area contributed by atoms with Gasteiger partial charge in [0.25, 0.3) is 0 Å². The van der Waals surface area contributed by atoms with Crippen molar-refractivity contribution in [2.75, 3.05) is 46.3 Å². The fourth-order valence-corrected chi connectivity index (χ4v) is 2.05. The Labute approximate surface area is 117 Å². The van der Waals surface area contributed by atoms with Gasteiger partial charge < -0.3 is 15.1 Å². The van der Waals surface area contributed by atoms with Crippen LogP contribution in [0.5, 0.6) is 0 Å². The Morgan fingerprint density at radius 3 is 2.53 bits per heavy atom. The van der Waals surface area contributed by atoms with Gasteiger partial charge in [-0.2, -0.15) is 0 Å². The quantitative estimate of drug-likeness (QED) is 0.648. The van der Waals surface area contributed by atoms with E-state index in [-0.39, 0.29) is 0 Å². The number of likely N-dealkylation sites (N-methyl/N-ethyl adjacent to an activating group) is 2. The van der Waals surface area contributed by atoms with Gasteiger partial charge in [0.2, 0.25) is 0 Å².